The van der Waals surface area contributed by atoms with Crippen LogP contribution >= 0.6 is 0 Å². The Balaban J connectivity index is 1.89. The zero-order valence-electron chi connectivity index (χ0n) is 11.7. The molecule has 3 N–H and O–H groups in total. The van der Waals surface area contributed by atoms with Crippen molar-refractivity contribution in [2.75, 3.05) is 0 Å². The van der Waals surface area contributed by atoms with Crippen LogP contribution in [0.1, 0.15) is 11.1 Å². The van der Waals surface area contributed by atoms with Gasteiger partial charge in [-0.05, 0) is 52.4 Å². The number of hydrogen-bond donors (Lipinski definition) is 3. The molecule has 1 aliphatic rings. The van der Waals surface area contributed by atoms with Gasteiger partial charge in [0.25, 0.3) is 0 Å². The molecule has 3 aromatic carbocycles. The largest absolute Gasteiger partial charge is 0.504 e. The van der Waals surface area contributed by atoms with E-state index in [0.29, 0.717) is 5.56 Å². The topological polar surface area (TPSA) is 60.7 Å². The number of phenols is 3. The van der Waals surface area contributed by atoms with E-state index in [1.54, 1.807) is 6.07 Å². The normalized spacial score (nSPS) is 12.0. The molecule has 0 atom stereocenters. The molecule has 0 aromatic heterocycles. The van der Waals surface area contributed by atoms with Crippen LogP contribution in [0, 0.1) is 0 Å². The van der Waals surface area contributed by atoms with Gasteiger partial charge in [0.15, 0.2) is 11.5 Å². The van der Waals surface area contributed by atoms with Crippen molar-refractivity contribution in [3.8, 4) is 39.5 Å². The summed E-state index contributed by atoms with van der Waals surface area (Å²) in [5.74, 6) is -1.11. The van der Waals surface area contributed by atoms with Gasteiger partial charge < -0.3 is 15.3 Å². The molecule has 0 radical (unpaired) electrons. The third kappa shape index (κ3) is 1.76. The van der Waals surface area contributed by atoms with Crippen LogP contribution in [0.25, 0.3) is 22.3 Å². The van der Waals surface area contributed by atoms with E-state index in [9.17, 15) is 15.3 Å². The Bertz CT molecular complexity index is 897. The van der Waals surface area contributed by atoms with Crippen LogP contribution in [-0.2, 0) is 6.42 Å². The highest BCUT2D eigenvalue weighted by Gasteiger charge is 2.19. The van der Waals surface area contributed by atoms with Gasteiger partial charge in [-0.3, -0.25) is 0 Å². The van der Waals surface area contributed by atoms with E-state index in [1.807, 2.05) is 30.3 Å². The Morgan fingerprint density at radius 2 is 1.41 bits per heavy atom. The van der Waals surface area contributed by atoms with Crippen LogP contribution in [0.3, 0.4) is 0 Å². The quantitative estimate of drug-likeness (QED) is 0.464. The van der Waals surface area contributed by atoms with Gasteiger partial charge in [-0.1, -0.05) is 36.4 Å². The fourth-order valence-corrected chi connectivity index (χ4v) is 3.09. The summed E-state index contributed by atoms with van der Waals surface area (Å²) in [4.78, 5) is 0. The van der Waals surface area contributed by atoms with E-state index in [-0.39, 0.29) is 11.5 Å². The molecule has 0 heterocycles. The van der Waals surface area contributed by atoms with Gasteiger partial charge in [-0.2, -0.15) is 0 Å². The van der Waals surface area contributed by atoms with Crippen molar-refractivity contribution in [3.05, 3.63) is 65.7 Å². The average molecular weight is 290 g/mol. The van der Waals surface area contributed by atoms with Crippen LogP contribution in [0.15, 0.2) is 54.6 Å². The Kier molecular flexibility index (Phi) is 2.63. The molecule has 0 aliphatic heterocycles. The molecule has 3 nitrogen and oxygen atoms in total. The number of rotatable bonds is 1. The van der Waals surface area contributed by atoms with E-state index in [0.717, 1.165) is 17.5 Å². The Morgan fingerprint density at radius 1 is 0.636 bits per heavy atom. The van der Waals surface area contributed by atoms with Crippen molar-refractivity contribution < 1.29 is 15.3 Å². The third-order valence-corrected chi connectivity index (χ3v) is 4.24. The second kappa shape index (κ2) is 4.53. The summed E-state index contributed by atoms with van der Waals surface area (Å²) in [6.07, 6.45) is 0.915. The number of benzene rings is 3. The number of fused-ring (bicyclic) bond motifs is 3. The lowest BCUT2D eigenvalue weighted by molar-refractivity contribution is 0.369. The monoisotopic (exact) mass is 290 g/mol. The highest BCUT2D eigenvalue weighted by Crippen LogP contribution is 2.44. The Morgan fingerprint density at radius 3 is 2.27 bits per heavy atom. The highest BCUT2D eigenvalue weighted by atomic mass is 16.3. The summed E-state index contributed by atoms with van der Waals surface area (Å²) in [5, 5.41) is 29.2. The maximum atomic E-state index is 10.1. The smallest absolute Gasteiger partial charge is 0.200 e. The van der Waals surface area contributed by atoms with E-state index in [1.165, 1.54) is 22.8 Å². The predicted molar refractivity (Wildman–Crippen MR) is 85.1 cm³/mol. The van der Waals surface area contributed by atoms with Crippen molar-refractivity contribution in [1.82, 2.24) is 0 Å². The number of aromatic hydroxyl groups is 3. The molecule has 0 fully saturated rings. The minimum atomic E-state index is -0.488. The van der Waals surface area contributed by atoms with E-state index < -0.39 is 5.75 Å². The molecule has 0 saturated heterocycles. The molecule has 3 heteroatoms. The fraction of sp³-hybridized carbons (Fsp3) is 0.0526. The van der Waals surface area contributed by atoms with E-state index in [2.05, 4.69) is 12.1 Å². The van der Waals surface area contributed by atoms with Gasteiger partial charge in [0.05, 0.1) is 0 Å². The molecule has 22 heavy (non-hydrogen) atoms. The SMILES string of the molecule is Oc1ccc(-c2ccc3c(c2)-c2ccccc2C3)c(O)c1O. The first-order valence-corrected chi connectivity index (χ1v) is 7.10. The van der Waals surface area contributed by atoms with Crippen molar-refractivity contribution >= 4 is 0 Å². The molecule has 108 valence electrons. The molecule has 0 bridgehead atoms. The summed E-state index contributed by atoms with van der Waals surface area (Å²) >= 11 is 0. The van der Waals surface area contributed by atoms with Crippen LogP contribution in [0.4, 0.5) is 0 Å². The predicted octanol–water partition coefficient (Wildman–Crippen LogP) is 4.04. The first-order valence-electron chi connectivity index (χ1n) is 7.10. The molecular weight excluding hydrogens is 276 g/mol. The maximum absolute atomic E-state index is 10.1. The zero-order chi connectivity index (χ0) is 15.3. The molecule has 3 aromatic rings. The Hall–Kier alpha value is -2.94. The van der Waals surface area contributed by atoms with Gasteiger partial charge >= 0.3 is 0 Å². The standard InChI is InChI=1S/C19H14O3/c20-17-8-7-15(18(21)19(17)22)13-6-5-12-9-11-3-1-2-4-14(11)16(12)10-13/h1-8,10,20-22H,9H2. The van der Waals surface area contributed by atoms with Crippen LogP contribution in [-0.4, -0.2) is 15.3 Å². The second-order valence-electron chi connectivity index (χ2n) is 5.54. The van der Waals surface area contributed by atoms with Gasteiger partial charge in [-0.25, -0.2) is 0 Å². The Labute approximate surface area is 127 Å². The van der Waals surface area contributed by atoms with Crippen molar-refractivity contribution in [1.29, 1.82) is 0 Å². The summed E-state index contributed by atoms with van der Waals surface area (Å²) in [6.45, 7) is 0. The van der Waals surface area contributed by atoms with Crippen LogP contribution < -0.4 is 0 Å². The molecule has 0 saturated carbocycles. The molecule has 0 amide bonds. The molecule has 4 rings (SSSR count). The summed E-state index contributed by atoms with van der Waals surface area (Å²) in [6, 6.07) is 17.3. The van der Waals surface area contributed by atoms with E-state index >= 15 is 0 Å². The fourth-order valence-electron chi connectivity index (χ4n) is 3.09. The maximum Gasteiger partial charge on any atom is 0.200 e. The molecule has 0 unspecified atom stereocenters. The minimum Gasteiger partial charge on any atom is -0.504 e. The van der Waals surface area contributed by atoms with E-state index in [4.69, 9.17) is 0 Å². The molecule has 0 spiro atoms. The van der Waals surface area contributed by atoms with Crippen molar-refractivity contribution in [2.24, 2.45) is 0 Å². The number of phenolic OH excluding ortho intramolecular Hbond substituents is 3. The lowest BCUT2D eigenvalue weighted by atomic mass is 9.97. The first-order chi connectivity index (χ1) is 10.6. The number of hydrogen-bond acceptors (Lipinski definition) is 3. The van der Waals surface area contributed by atoms with Crippen molar-refractivity contribution in [2.45, 2.75) is 6.42 Å². The lowest BCUT2D eigenvalue weighted by Gasteiger charge is -2.10. The zero-order valence-corrected chi connectivity index (χ0v) is 11.7. The summed E-state index contributed by atoms with van der Waals surface area (Å²) in [7, 11) is 0. The van der Waals surface area contributed by atoms with Gasteiger partial charge in [-0.15, -0.1) is 0 Å². The summed E-state index contributed by atoms with van der Waals surface area (Å²) in [5.41, 5.74) is 6.23. The second-order valence-corrected chi connectivity index (χ2v) is 5.54. The first kappa shape index (κ1) is 12.8. The van der Waals surface area contributed by atoms with Crippen LogP contribution in [0.5, 0.6) is 17.2 Å². The summed E-state index contributed by atoms with van der Waals surface area (Å²) < 4.78 is 0. The average Bonchev–Trinajstić information content (AvgIpc) is 2.91. The van der Waals surface area contributed by atoms with Crippen LogP contribution in [0.2, 0.25) is 0 Å². The van der Waals surface area contributed by atoms with Crippen molar-refractivity contribution in [3.63, 3.8) is 0 Å². The van der Waals surface area contributed by atoms with Gasteiger partial charge in [0.1, 0.15) is 0 Å². The minimum absolute atomic E-state index is 0.300. The third-order valence-electron chi connectivity index (χ3n) is 4.24. The molecular formula is C19H14O3. The van der Waals surface area contributed by atoms with Gasteiger partial charge in [0.2, 0.25) is 5.75 Å². The van der Waals surface area contributed by atoms with Gasteiger partial charge in [0, 0.05) is 5.56 Å². The highest BCUT2D eigenvalue weighted by molar-refractivity contribution is 5.84. The lowest BCUT2D eigenvalue weighted by Crippen LogP contribution is -1.84. The molecule has 1 aliphatic carbocycles.